The number of benzene rings is 1. The fourth-order valence-corrected chi connectivity index (χ4v) is 1.93. The maximum absolute atomic E-state index is 10.3. The molecule has 0 aromatic heterocycles. The van der Waals surface area contributed by atoms with Gasteiger partial charge < -0.3 is 9.84 Å². The van der Waals surface area contributed by atoms with Crippen LogP contribution in [0.5, 0.6) is 5.75 Å². The third-order valence-corrected chi connectivity index (χ3v) is 3.31. The van der Waals surface area contributed by atoms with Gasteiger partial charge in [0.25, 0.3) is 0 Å². The molecule has 90 valence electrons. The van der Waals surface area contributed by atoms with Crippen molar-refractivity contribution >= 4 is 11.6 Å². The Bertz CT molecular complexity index is 346. The number of hydrogen-bond acceptors (Lipinski definition) is 2. The molecular weight excluding hydrogens is 224 g/mol. The molecule has 3 heteroatoms. The topological polar surface area (TPSA) is 29.5 Å². The number of hydrogen-bond donors (Lipinski definition) is 1. The van der Waals surface area contributed by atoms with Crippen LogP contribution < -0.4 is 4.74 Å². The normalized spacial score (nSPS) is 11.6. The van der Waals surface area contributed by atoms with Crippen molar-refractivity contribution in [2.45, 2.75) is 38.7 Å². The fourth-order valence-electron chi connectivity index (χ4n) is 1.74. The Kier molecular flexibility index (Phi) is 4.63. The van der Waals surface area contributed by atoms with E-state index in [0.717, 1.165) is 24.2 Å². The molecule has 0 aliphatic heterocycles. The van der Waals surface area contributed by atoms with Crippen LogP contribution in [0.25, 0.3) is 0 Å². The Morgan fingerprint density at radius 1 is 1.31 bits per heavy atom. The molecule has 1 rings (SSSR count). The molecule has 0 aliphatic carbocycles. The highest BCUT2D eigenvalue weighted by atomic mass is 35.5. The Balaban J connectivity index is 2.98. The monoisotopic (exact) mass is 242 g/mol. The molecule has 0 saturated heterocycles. The lowest BCUT2D eigenvalue weighted by molar-refractivity contribution is 0.0321. The second kappa shape index (κ2) is 5.55. The second-order valence-electron chi connectivity index (χ2n) is 4.06. The van der Waals surface area contributed by atoms with Crippen LogP contribution in [0, 0.1) is 0 Å². The van der Waals surface area contributed by atoms with Gasteiger partial charge in [0.15, 0.2) is 0 Å². The molecule has 2 nitrogen and oxygen atoms in total. The van der Waals surface area contributed by atoms with E-state index >= 15 is 0 Å². The van der Waals surface area contributed by atoms with Crippen molar-refractivity contribution in [2.75, 3.05) is 7.11 Å². The van der Waals surface area contributed by atoms with Gasteiger partial charge in [0.1, 0.15) is 5.75 Å². The molecule has 0 spiro atoms. The fraction of sp³-hybridized carbons (Fsp3) is 0.538. The van der Waals surface area contributed by atoms with Crippen LogP contribution in [0.4, 0.5) is 0 Å². The summed E-state index contributed by atoms with van der Waals surface area (Å²) in [5, 5.41) is 11.0. The van der Waals surface area contributed by atoms with Gasteiger partial charge in [0, 0.05) is 11.4 Å². The first-order valence-corrected chi connectivity index (χ1v) is 5.97. The summed E-state index contributed by atoms with van der Waals surface area (Å²) in [5.74, 6) is 0.782. The molecule has 0 saturated carbocycles. The first-order chi connectivity index (χ1) is 7.54. The van der Waals surface area contributed by atoms with Crippen molar-refractivity contribution in [1.29, 1.82) is 0 Å². The molecule has 0 radical (unpaired) electrons. The van der Waals surface area contributed by atoms with Crippen molar-refractivity contribution in [1.82, 2.24) is 0 Å². The number of rotatable bonds is 5. The number of ether oxygens (including phenoxy) is 1. The molecule has 1 aromatic rings. The van der Waals surface area contributed by atoms with Crippen LogP contribution in [0.15, 0.2) is 18.2 Å². The van der Waals surface area contributed by atoms with Crippen LogP contribution in [-0.2, 0) is 6.42 Å². The van der Waals surface area contributed by atoms with E-state index in [1.54, 1.807) is 13.2 Å². The van der Waals surface area contributed by atoms with Crippen LogP contribution in [-0.4, -0.2) is 17.8 Å². The maximum atomic E-state index is 10.3. The summed E-state index contributed by atoms with van der Waals surface area (Å²) in [7, 11) is 1.63. The van der Waals surface area contributed by atoms with Gasteiger partial charge >= 0.3 is 0 Å². The highest BCUT2D eigenvalue weighted by Gasteiger charge is 2.24. The Morgan fingerprint density at radius 3 is 2.44 bits per heavy atom. The Hall–Kier alpha value is -0.730. The molecule has 0 unspecified atom stereocenters. The second-order valence-corrected chi connectivity index (χ2v) is 4.50. The summed E-state index contributed by atoms with van der Waals surface area (Å²) in [5.41, 5.74) is 0.291. The molecule has 0 amide bonds. The van der Waals surface area contributed by atoms with Crippen molar-refractivity contribution in [3.05, 3.63) is 28.8 Å². The van der Waals surface area contributed by atoms with Gasteiger partial charge in [-0.15, -0.1) is 0 Å². The summed E-state index contributed by atoms with van der Waals surface area (Å²) in [6.45, 7) is 3.97. The van der Waals surface area contributed by atoms with Crippen LogP contribution in [0.2, 0.25) is 5.02 Å². The zero-order valence-corrected chi connectivity index (χ0v) is 10.8. The van der Waals surface area contributed by atoms with E-state index in [4.69, 9.17) is 16.3 Å². The minimum Gasteiger partial charge on any atom is -0.496 e. The largest absolute Gasteiger partial charge is 0.496 e. The number of halogens is 1. The highest BCUT2D eigenvalue weighted by molar-refractivity contribution is 6.30. The average molecular weight is 243 g/mol. The minimum absolute atomic E-state index is 0.573. The Labute approximate surface area is 102 Å². The number of methoxy groups -OCH3 is 1. The summed E-state index contributed by atoms with van der Waals surface area (Å²) in [6.07, 6.45) is 2.02. The predicted molar refractivity (Wildman–Crippen MR) is 67.2 cm³/mol. The van der Waals surface area contributed by atoms with E-state index in [1.807, 2.05) is 26.0 Å². The van der Waals surface area contributed by atoms with Gasteiger partial charge in [-0.3, -0.25) is 0 Å². The van der Waals surface area contributed by atoms with Gasteiger partial charge in [-0.25, -0.2) is 0 Å². The van der Waals surface area contributed by atoms with Crippen LogP contribution in [0.1, 0.15) is 32.3 Å². The third-order valence-electron chi connectivity index (χ3n) is 3.08. The lowest BCUT2D eigenvalue weighted by Crippen LogP contribution is -2.29. The molecule has 16 heavy (non-hydrogen) atoms. The molecule has 0 aliphatic rings. The lowest BCUT2D eigenvalue weighted by atomic mass is 9.89. The van der Waals surface area contributed by atoms with Gasteiger partial charge in [-0.05, 0) is 36.6 Å². The summed E-state index contributed by atoms with van der Waals surface area (Å²) < 4.78 is 5.27. The minimum atomic E-state index is -0.669. The molecule has 0 atom stereocenters. The van der Waals surface area contributed by atoms with E-state index < -0.39 is 5.60 Å². The molecule has 0 bridgehead atoms. The van der Waals surface area contributed by atoms with Gasteiger partial charge in [-0.2, -0.15) is 0 Å². The Morgan fingerprint density at radius 2 is 1.94 bits per heavy atom. The first kappa shape index (κ1) is 13.3. The van der Waals surface area contributed by atoms with Crippen molar-refractivity contribution in [2.24, 2.45) is 0 Å². The molecule has 0 heterocycles. The summed E-state index contributed by atoms with van der Waals surface area (Å²) in [6, 6.07) is 5.49. The van der Waals surface area contributed by atoms with E-state index in [1.165, 1.54) is 0 Å². The molecular formula is C13H19ClO2. The lowest BCUT2D eigenvalue weighted by Gasteiger charge is -2.26. The van der Waals surface area contributed by atoms with E-state index in [-0.39, 0.29) is 0 Å². The quantitative estimate of drug-likeness (QED) is 0.857. The van der Waals surface area contributed by atoms with Crippen molar-refractivity contribution < 1.29 is 9.84 Å². The van der Waals surface area contributed by atoms with Crippen molar-refractivity contribution in [3.63, 3.8) is 0 Å². The van der Waals surface area contributed by atoms with Gasteiger partial charge in [-0.1, -0.05) is 25.4 Å². The third kappa shape index (κ3) is 3.13. The van der Waals surface area contributed by atoms with Crippen molar-refractivity contribution in [3.8, 4) is 5.75 Å². The van der Waals surface area contributed by atoms with E-state index in [2.05, 4.69) is 0 Å². The van der Waals surface area contributed by atoms with Gasteiger partial charge in [0.2, 0.25) is 0 Å². The SMILES string of the molecule is CCC(O)(CC)Cc1cc(Cl)ccc1OC. The molecule has 0 fully saturated rings. The number of aliphatic hydroxyl groups is 1. The molecule has 1 aromatic carbocycles. The zero-order chi connectivity index (χ0) is 12.2. The summed E-state index contributed by atoms with van der Waals surface area (Å²) >= 11 is 5.95. The molecule has 1 N–H and O–H groups in total. The highest BCUT2D eigenvalue weighted by Crippen LogP contribution is 2.29. The average Bonchev–Trinajstić information content (AvgIpc) is 2.29. The van der Waals surface area contributed by atoms with Gasteiger partial charge in [0.05, 0.1) is 12.7 Å². The van der Waals surface area contributed by atoms with E-state index in [9.17, 15) is 5.11 Å². The van der Waals surface area contributed by atoms with Crippen LogP contribution >= 0.6 is 11.6 Å². The smallest absolute Gasteiger partial charge is 0.122 e. The standard InChI is InChI=1S/C13H19ClO2/c1-4-13(15,5-2)9-10-8-11(14)6-7-12(10)16-3/h6-8,15H,4-5,9H2,1-3H3. The van der Waals surface area contributed by atoms with E-state index in [0.29, 0.717) is 11.4 Å². The predicted octanol–water partition coefficient (Wildman–Crippen LogP) is 3.44. The zero-order valence-electron chi connectivity index (χ0n) is 10.1. The van der Waals surface area contributed by atoms with Crippen LogP contribution in [0.3, 0.4) is 0 Å². The maximum Gasteiger partial charge on any atom is 0.122 e. The first-order valence-electron chi connectivity index (χ1n) is 5.59. The summed E-state index contributed by atoms with van der Waals surface area (Å²) in [4.78, 5) is 0.